The van der Waals surface area contributed by atoms with Crippen molar-refractivity contribution in [2.75, 3.05) is 37.9 Å². The molecule has 7 heteroatoms. The van der Waals surface area contributed by atoms with E-state index < -0.39 is 0 Å². The fourth-order valence-electron chi connectivity index (χ4n) is 2.70. The number of methoxy groups -OCH3 is 2. The molecule has 0 atom stereocenters. The lowest BCUT2D eigenvalue weighted by Crippen LogP contribution is -2.23. The molecule has 0 radical (unpaired) electrons. The summed E-state index contributed by atoms with van der Waals surface area (Å²) in [6, 6.07) is 12.9. The van der Waals surface area contributed by atoms with Crippen LogP contribution in [0.2, 0.25) is 0 Å². The number of benzene rings is 2. The minimum Gasteiger partial charge on any atom is -0.493 e. The van der Waals surface area contributed by atoms with Crippen LogP contribution in [0.4, 0.5) is 11.4 Å². The van der Waals surface area contributed by atoms with Crippen LogP contribution < -0.4 is 25.4 Å². The maximum Gasteiger partial charge on any atom is 0.225 e. The van der Waals surface area contributed by atoms with E-state index in [9.17, 15) is 9.59 Å². The van der Waals surface area contributed by atoms with Crippen molar-refractivity contribution in [3.8, 4) is 11.5 Å². The molecule has 0 saturated carbocycles. The van der Waals surface area contributed by atoms with Gasteiger partial charge in [-0.1, -0.05) is 12.1 Å². The molecule has 2 amide bonds. The summed E-state index contributed by atoms with van der Waals surface area (Å²) in [7, 11) is 3.23. The first kappa shape index (κ1) is 21.2. The molecule has 150 valence electrons. The molecule has 2 rings (SSSR count). The lowest BCUT2D eigenvalue weighted by atomic mass is 10.1. The van der Waals surface area contributed by atoms with Gasteiger partial charge in [0.2, 0.25) is 11.8 Å². The van der Waals surface area contributed by atoms with Gasteiger partial charge in [0, 0.05) is 31.3 Å². The van der Waals surface area contributed by atoms with Gasteiger partial charge >= 0.3 is 0 Å². The third kappa shape index (κ3) is 6.92. The first-order chi connectivity index (χ1) is 13.5. The Morgan fingerprint density at radius 1 is 0.893 bits per heavy atom. The first-order valence-corrected chi connectivity index (χ1v) is 9.11. The summed E-state index contributed by atoms with van der Waals surface area (Å²) in [6.07, 6.45) is 1.18. The number of rotatable bonds is 10. The topological polar surface area (TPSA) is 88.7 Å². The van der Waals surface area contributed by atoms with Gasteiger partial charge in [0.1, 0.15) is 0 Å². The maximum atomic E-state index is 12.1. The highest BCUT2D eigenvalue weighted by molar-refractivity contribution is 5.93. The molecule has 0 aliphatic rings. The van der Waals surface area contributed by atoms with Gasteiger partial charge in [-0.25, -0.2) is 0 Å². The lowest BCUT2D eigenvalue weighted by Gasteiger charge is -2.10. The molecule has 28 heavy (non-hydrogen) atoms. The van der Waals surface area contributed by atoms with Crippen molar-refractivity contribution in [1.82, 2.24) is 5.32 Å². The van der Waals surface area contributed by atoms with Crippen molar-refractivity contribution in [3.05, 3.63) is 48.0 Å². The first-order valence-electron chi connectivity index (χ1n) is 9.11. The number of amides is 2. The Bertz CT molecular complexity index is 808. The van der Waals surface area contributed by atoms with Gasteiger partial charge in [-0.3, -0.25) is 9.59 Å². The monoisotopic (exact) mass is 385 g/mol. The number of anilines is 2. The van der Waals surface area contributed by atoms with Crippen LogP contribution in [0.25, 0.3) is 0 Å². The third-order valence-corrected chi connectivity index (χ3v) is 4.03. The van der Waals surface area contributed by atoms with Gasteiger partial charge in [-0.2, -0.15) is 0 Å². The molecule has 0 aliphatic heterocycles. The average molecular weight is 385 g/mol. The Morgan fingerprint density at radius 3 is 2.29 bits per heavy atom. The van der Waals surface area contributed by atoms with E-state index in [0.29, 0.717) is 35.8 Å². The highest BCUT2D eigenvalue weighted by Gasteiger charge is 2.06. The second-order valence-electron chi connectivity index (χ2n) is 6.25. The molecule has 0 fully saturated rings. The van der Waals surface area contributed by atoms with Gasteiger partial charge in [-0.15, -0.1) is 0 Å². The van der Waals surface area contributed by atoms with Gasteiger partial charge in [0.05, 0.1) is 14.2 Å². The molecule has 3 N–H and O–H groups in total. The fraction of sp³-hybridized carbons (Fsp3) is 0.333. The summed E-state index contributed by atoms with van der Waals surface area (Å²) in [4.78, 5) is 23.2. The largest absolute Gasteiger partial charge is 0.493 e. The van der Waals surface area contributed by atoms with Gasteiger partial charge in [0.25, 0.3) is 0 Å². The maximum absolute atomic E-state index is 12.1. The molecule has 7 nitrogen and oxygen atoms in total. The van der Waals surface area contributed by atoms with E-state index in [2.05, 4.69) is 16.0 Å². The molecule has 0 aromatic heterocycles. The van der Waals surface area contributed by atoms with Crippen molar-refractivity contribution >= 4 is 23.2 Å². The molecule has 0 unspecified atom stereocenters. The van der Waals surface area contributed by atoms with Crippen molar-refractivity contribution < 1.29 is 19.1 Å². The van der Waals surface area contributed by atoms with E-state index in [0.717, 1.165) is 18.5 Å². The highest BCUT2D eigenvalue weighted by atomic mass is 16.5. The third-order valence-electron chi connectivity index (χ3n) is 4.03. The SMILES string of the molecule is COc1ccc(CCNCCC(=O)Nc2cccc(NC(C)=O)c2)cc1OC. The zero-order chi connectivity index (χ0) is 20.4. The molecule has 2 aromatic rings. The van der Waals surface area contributed by atoms with Crippen LogP contribution in [-0.2, 0) is 16.0 Å². The molecule has 2 aromatic carbocycles. The Balaban J connectivity index is 1.71. The zero-order valence-electron chi connectivity index (χ0n) is 16.5. The Kier molecular flexibility index (Phi) is 8.30. The fourth-order valence-corrected chi connectivity index (χ4v) is 2.70. The zero-order valence-corrected chi connectivity index (χ0v) is 16.5. The summed E-state index contributed by atoms with van der Waals surface area (Å²) in [5.74, 6) is 1.18. The predicted octanol–water partition coefficient (Wildman–Crippen LogP) is 2.82. The summed E-state index contributed by atoms with van der Waals surface area (Å²) >= 11 is 0. The van der Waals surface area contributed by atoms with Crippen LogP contribution in [-0.4, -0.2) is 39.1 Å². The van der Waals surface area contributed by atoms with Crippen LogP contribution in [0.3, 0.4) is 0 Å². The van der Waals surface area contributed by atoms with Crippen molar-refractivity contribution in [2.24, 2.45) is 0 Å². The standard InChI is InChI=1S/C21H27N3O4/c1-15(25)23-17-5-4-6-18(14-17)24-21(26)10-12-22-11-9-16-7-8-19(27-2)20(13-16)28-3/h4-8,13-14,22H,9-12H2,1-3H3,(H,23,25)(H,24,26). The molecule has 0 spiro atoms. The summed E-state index contributed by atoms with van der Waals surface area (Å²) < 4.78 is 10.5. The Hall–Kier alpha value is -3.06. The van der Waals surface area contributed by atoms with Crippen LogP contribution in [0.5, 0.6) is 11.5 Å². The molecule has 0 bridgehead atoms. The van der Waals surface area contributed by atoms with Gasteiger partial charge in [-0.05, 0) is 48.9 Å². The second kappa shape index (κ2) is 10.9. The minimum absolute atomic E-state index is 0.0846. The normalized spacial score (nSPS) is 10.2. The molecular formula is C21H27N3O4. The number of carbonyl (C=O) groups is 2. The Labute approximate surface area is 165 Å². The smallest absolute Gasteiger partial charge is 0.225 e. The van der Waals surface area contributed by atoms with E-state index in [1.165, 1.54) is 6.92 Å². The van der Waals surface area contributed by atoms with Crippen LogP contribution in [0.1, 0.15) is 18.9 Å². The van der Waals surface area contributed by atoms with E-state index in [4.69, 9.17) is 9.47 Å². The minimum atomic E-state index is -0.151. The summed E-state index contributed by atoms with van der Waals surface area (Å²) in [5.41, 5.74) is 2.43. The number of ether oxygens (including phenoxy) is 2. The quantitative estimate of drug-likeness (QED) is 0.547. The van der Waals surface area contributed by atoms with Gasteiger partial charge < -0.3 is 25.4 Å². The number of carbonyl (C=O) groups excluding carboxylic acids is 2. The van der Waals surface area contributed by atoms with Gasteiger partial charge in [0.15, 0.2) is 11.5 Å². The van der Waals surface area contributed by atoms with Crippen LogP contribution in [0.15, 0.2) is 42.5 Å². The highest BCUT2D eigenvalue weighted by Crippen LogP contribution is 2.27. The number of nitrogens with one attached hydrogen (secondary N) is 3. The van der Waals surface area contributed by atoms with E-state index in [1.807, 2.05) is 18.2 Å². The summed E-state index contributed by atoms with van der Waals surface area (Å²) in [5, 5.41) is 8.79. The molecule has 0 aliphatic carbocycles. The summed E-state index contributed by atoms with van der Waals surface area (Å²) in [6.45, 7) is 2.77. The molecule has 0 heterocycles. The second-order valence-corrected chi connectivity index (χ2v) is 6.25. The van der Waals surface area contributed by atoms with E-state index in [-0.39, 0.29) is 11.8 Å². The van der Waals surface area contributed by atoms with Crippen molar-refractivity contribution in [1.29, 1.82) is 0 Å². The van der Waals surface area contributed by atoms with E-state index >= 15 is 0 Å². The van der Waals surface area contributed by atoms with E-state index in [1.54, 1.807) is 38.5 Å². The average Bonchev–Trinajstić information content (AvgIpc) is 2.67. The predicted molar refractivity (Wildman–Crippen MR) is 110 cm³/mol. The molecule has 0 saturated heterocycles. The van der Waals surface area contributed by atoms with Crippen molar-refractivity contribution in [3.63, 3.8) is 0 Å². The van der Waals surface area contributed by atoms with Crippen LogP contribution in [0, 0.1) is 0 Å². The van der Waals surface area contributed by atoms with Crippen molar-refractivity contribution in [2.45, 2.75) is 19.8 Å². The number of hydrogen-bond acceptors (Lipinski definition) is 5. The Morgan fingerprint density at radius 2 is 1.61 bits per heavy atom. The molecular weight excluding hydrogens is 358 g/mol. The van der Waals surface area contributed by atoms with Crippen LogP contribution >= 0.6 is 0 Å². The number of hydrogen-bond donors (Lipinski definition) is 3. The lowest BCUT2D eigenvalue weighted by molar-refractivity contribution is -0.116.